The highest BCUT2D eigenvalue weighted by atomic mass is 19.4. The fourth-order valence-corrected chi connectivity index (χ4v) is 4.38. The van der Waals surface area contributed by atoms with Crippen molar-refractivity contribution in [3.05, 3.63) is 52.2 Å². The highest BCUT2D eigenvalue weighted by Crippen LogP contribution is 2.34. The van der Waals surface area contributed by atoms with Crippen LogP contribution >= 0.6 is 0 Å². The zero-order chi connectivity index (χ0) is 20.2. The molecule has 11 heteroatoms. The number of rotatable bonds is 3. The molecule has 2 atom stereocenters. The lowest BCUT2D eigenvalue weighted by molar-refractivity contribution is -0.146. The van der Waals surface area contributed by atoms with Gasteiger partial charge in [-0.15, -0.1) is 15.3 Å². The molecule has 8 nitrogen and oxygen atoms in total. The van der Waals surface area contributed by atoms with Gasteiger partial charge in [0.15, 0.2) is 5.65 Å². The maximum absolute atomic E-state index is 13.1. The van der Waals surface area contributed by atoms with Crippen LogP contribution in [0.25, 0.3) is 5.65 Å². The van der Waals surface area contributed by atoms with Gasteiger partial charge in [-0.3, -0.25) is 9.69 Å². The Balaban J connectivity index is 1.29. The number of likely N-dealkylation sites (tertiary alicyclic amines) is 1. The summed E-state index contributed by atoms with van der Waals surface area (Å²) in [6.07, 6.45) is -2.95. The molecule has 0 amide bonds. The standard InChI is InChI=1S/C18H18F3N7O/c19-18(20,21)17-24-23-14-1-2-15(25-28(14)17)27-9-12-7-26(8-13(12)10-27)6-11-3-4-22-16(29)5-11/h1-5,12-13H,6-10H2,(H,22,29). The Morgan fingerprint density at radius 3 is 2.52 bits per heavy atom. The molecule has 2 saturated heterocycles. The molecule has 2 aliphatic heterocycles. The summed E-state index contributed by atoms with van der Waals surface area (Å²) < 4.78 is 40.0. The molecule has 29 heavy (non-hydrogen) atoms. The van der Waals surface area contributed by atoms with E-state index in [0.717, 1.165) is 42.8 Å². The lowest BCUT2D eigenvalue weighted by atomic mass is 10.0. The van der Waals surface area contributed by atoms with Gasteiger partial charge in [0.05, 0.1) is 0 Å². The van der Waals surface area contributed by atoms with Gasteiger partial charge in [-0.1, -0.05) is 0 Å². The third kappa shape index (κ3) is 3.35. The maximum Gasteiger partial charge on any atom is 0.453 e. The molecular weight excluding hydrogens is 387 g/mol. The van der Waals surface area contributed by atoms with E-state index in [2.05, 4.69) is 25.2 Å². The number of nitrogens with zero attached hydrogens (tertiary/aromatic N) is 6. The predicted molar refractivity (Wildman–Crippen MR) is 97.3 cm³/mol. The first kappa shape index (κ1) is 18.1. The molecule has 0 radical (unpaired) electrons. The molecule has 2 fully saturated rings. The van der Waals surface area contributed by atoms with Gasteiger partial charge in [0.1, 0.15) is 5.82 Å². The highest BCUT2D eigenvalue weighted by molar-refractivity contribution is 5.47. The Bertz CT molecular complexity index is 1090. The number of halogens is 3. The van der Waals surface area contributed by atoms with E-state index in [1.54, 1.807) is 18.3 Å². The second-order valence-electron chi connectivity index (χ2n) is 7.66. The van der Waals surface area contributed by atoms with Gasteiger partial charge in [-0.05, 0) is 35.6 Å². The number of aromatic nitrogens is 5. The first-order chi connectivity index (χ1) is 13.9. The van der Waals surface area contributed by atoms with Crippen LogP contribution in [0.1, 0.15) is 11.4 Å². The normalized spacial score (nSPS) is 22.5. The van der Waals surface area contributed by atoms with Crippen LogP contribution in [0.3, 0.4) is 0 Å². The van der Waals surface area contributed by atoms with Crippen molar-refractivity contribution in [2.24, 2.45) is 11.8 Å². The fourth-order valence-electron chi connectivity index (χ4n) is 4.38. The van der Waals surface area contributed by atoms with E-state index in [-0.39, 0.29) is 11.2 Å². The van der Waals surface area contributed by atoms with Crippen LogP contribution < -0.4 is 10.5 Å². The molecule has 1 N–H and O–H groups in total. The molecule has 2 aliphatic rings. The summed E-state index contributed by atoms with van der Waals surface area (Å²) in [6, 6.07) is 6.71. The third-order valence-electron chi connectivity index (χ3n) is 5.63. The molecule has 0 bridgehead atoms. The summed E-state index contributed by atoms with van der Waals surface area (Å²) in [5.74, 6) is 0.214. The van der Waals surface area contributed by atoms with E-state index in [1.807, 2.05) is 11.0 Å². The van der Waals surface area contributed by atoms with Gasteiger partial charge in [-0.2, -0.15) is 17.7 Å². The molecule has 3 aromatic rings. The van der Waals surface area contributed by atoms with Crippen molar-refractivity contribution in [2.75, 3.05) is 31.1 Å². The van der Waals surface area contributed by atoms with Crippen molar-refractivity contribution in [1.29, 1.82) is 0 Å². The quantitative estimate of drug-likeness (QED) is 0.710. The second kappa shape index (κ2) is 6.55. The van der Waals surface area contributed by atoms with E-state index in [0.29, 0.717) is 17.7 Å². The molecule has 0 saturated carbocycles. The summed E-state index contributed by atoms with van der Waals surface area (Å²) >= 11 is 0. The molecule has 2 unspecified atom stereocenters. The summed E-state index contributed by atoms with van der Waals surface area (Å²) in [4.78, 5) is 18.4. The van der Waals surface area contributed by atoms with Crippen molar-refractivity contribution in [3.8, 4) is 0 Å². The molecule has 0 spiro atoms. The monoisotopic (exact) mass is 405 g/mol. The molecule has 5 heterocycles. The smallest absolute Gasteiger partial charge is 0.355 e. The molecular formula is C18H18F3N7O. The average molecular weight is 405 g/mol. The van der Waals surface area contributed by atoms with Crippen LogP contribution in [-0.4, -0.2) is 55.9 Å². The lowest BCUT2D eigenvalue weighted by Crippen LogP contribution is -2.29. The van der Waals surface area contributed by atoms with Crippen LogP contribution in [0, 0.1) is 11.8 Å². The predicted octanol–water partition coefficient (Wildman–Crippen LogP) is 1.40. The van der Waals surface area contributed by atoms with Crippen LogP contribution in [0.5, 0.6) is 0 Å². The largest absolute Gasteiger partial charge is 0.453 e. The Labute approximate surface area is 163 Å². The number of H-pyrrole nitrogens is 1. The van der Waals surface area contributed by atoms with E-state index in [4.69, 9.17) is 0 Å². The van der Waals surface area contributed by atoms with Gasteiger partial charge in [-0.25, -0.2) is 0 Å². The van der Waals surface area contributed by atoms with E-state index >= 15 is 0 Å². The van der Waals surface area contributed by atoms with Gasteiger partial charge in [0.2, 0.25) is 5.56 Å². The third-order valence-corrected chi connectivity index (χ3v) is 5.63. The van der Waals surface area contributed by atoms with Crippen molar-refractivity contribution in [3.63, 3.8) is 0 Å². The maximum atomic E-state index is 13.1. The number of hydrogen-bond acceptors (Lipinski definition) is 6. The highest BCUT2D eigenvalue weighted by Gasteiger charge is 2.41. The zero-order valence-electron chi connectivity index (χ0n) is 15.3. The number of alkyl halides is 3. The Morgan fingerprint density at radius 1 is 1.07 bits per heavy atom. The summed E-state index contributed by atoms with van der Waals surface area (Å²) in [5, 5.41) is 10.9. The van der Waals surface area contributed by atoms with Crippen molar-refractivity contribution in [1.82, 2.24) is 29.7 Å². The van der Waals surface area contributed by atoms with Crippen molar-refractivity contribution in [2.45, 2.75) is 12.7 Å². The first-order valence-corrected chi connectivity index (χ1v) is 9.31. The molecule has 152 valence electrons. The van der Waals surface area contributed by atoms with E-state index in [1.165, 1.54) is 6.07 Å². The average Bonchev–Trinajstić information content (AvgIpc) is 3.32. The fraction of sp³-hybridized carbons (Fsp3) is 0.444. The van der Waals surface area contributed by atoms with Crippen LogP contribution in [0.4, 0.5) is 19.0 Å². The van der Waals surface area contributed by atoms with Crippen LogP contribution in [0.2, 0.25) is 0 Å². The molecule has 0 aliphatic carbocycles. The lowest BCUT2D eigenvalue weighted by Gasteiger charge is -2.22. The summed E-state index contributed by atoms with van der Waals surface area (Å²) in [7, 11) is 0. The number of fused-ring (bicyclic) bond motifs is 2. The number of pyridine rings is 1. The van der Waals surface area contributed by atoms with E-state index in [9.17, 15) is 18.0 Å². The Hall–Kier alpha value is -2.95. The summed E-state index contributed by atoms with van der Waals surface area (Å²) in [6.45, 7) is 3.96. The Morgan fingerprint density at radius 2 is 1.83 bits per heavy atom. The number of aromatic amines is 1. The van der Waals surface area contributed by atoms with Crippen molar-refractivity contribution >= 4 is 11.5 Å². The van der Waals surface area contributed by atoms with Crippen molar-refractivity contribution < 1.29 is 13.2 Å². The first-order valence-electron chi connectivity index (χ1n) is 9.31. The minimum absolute atomic E-state index is 0.0736. The second-order valence-corrected chi connectivity index (χ2v) is 7.66. The van der Waals surface area contributed by atoms with Crippen LogP contribution in [0.15, 0.2) is 35.3 Å². The zero-order valence-corrected chi connectivity index (χ0v) is 15.3. The van der Waals surface area contributed by atoms with Gasteiger partial charge < -0.3 is 9.88 Å². The van der Waals surface area contributed by atoms with E-state index < -0.39 is 12.0 Å². The topological polar surface area (TPSA) is 82.4 Å². The number of nitrogens with one attached hydrogen (secondary N) is 1. The SMILES string of the molecule is O=c1cc(CN2CC3CN(c4ccc5nnc(C(F)(F)F)n5n4)CC3C2)cc[nH]1. The van der Waals surface area contributed by atoms with Gasteiger partial charge in [0.25, 0.3) is 5.82 Å². The van der Waals surface area contributed by atoms with Crippen LogP contribution in [-0.2, 0) is 12.7 Å². The number of hydrogen-bond donors (Lipinski definition) is 1. The summed E-state index contributed by atoms with van der Waals surface area (Å²) in [5.41, 5.74) is 0.941. The Kier molecular flexibility index (Phi) is 4.09. The minimum Gasteiger partial charge on any atom is -0.355 e. The van der Waals surface area contributed by atoms with Gasteiger partial charge in [0, 0.05) is 45.0 Å². The molecule has 0 aromatic carbocycles. The number of anilines is 1. The minimum atomic E-state index is -4.60. The molecule has 3 aromatic heterocycles. The molecule has 5 rings (SSSR count). The van der Waals surface area contributed by atoms with Gasteiger partial charge >= 0.3 is 6.18 Å².